The van der Waals surface area contributed by atoms with E-state index in [1.807, 2.05) is 19.1 Å². The average Bonchev–Trinajstić information content (AvgIpc) is 2.61. The van der Waals surface area contributed by atoms with Crippen LogP contribution in [-0.4, -0.2) is 33.3 Å². The summed E-state index contributed by atoms with van der Waals surface area (Å²) >= 11 is 6.09. The second-order valence-electron chi connectivity index (χ2n) is 4.90. The van der Waals surface area contributed by atoms with Gasteiger partial charge in [0.05, 0.1) is 31.5 Å². The number of hydrogen-bond donors (Lipinski definition) is 1. The van der Waals surface area contributed by atoms with Gasteiger partial charge >= 0.3 is 0 Å². The predicted octanol–water partition coefficient (Wildman–Crippen LogP) is 3.77. The molecule has 2 aromatic rings. The van der Waals surface area contributed by atoms with E-state index in [1.54, 1.807) is 24.3 Å². The molecule has 0 atom stereocenters. The van der Waals surface area contributed by atoms with Crippen molar-refractivity contribution in [3.8, 4) is 23.0 Å². The van der Waals surface area contributed by atoms with Gasteiger partial charge in [0.15, 0.2) is 18.1 Å². The third-order valence-electron chi connectivity index (χ3n) is 3.26. The van der Waals surface area contributed by atoms with Crippen molar-refractivity contribution in [1.29, 1.82) is 0 Å². The summed E-state index contributed by atoms with van der Waals surface area (Å²) in [6.45, 7) is 2.20. The first-order valence-electron chi connectivity index (χ1n) is 7.65. The Kier molecular flexibility index (Phi) is 6.77. The molecule has 0 radical (unpaired) electrons. The Bertz CT molecular complexity index is 735. The Morgan fingerprint density at radius 1 is 1.00 bits per heavy atom. The van der Waals surface area contributed by atoms with Gasteiger partial charge in [0, 0.05) is 6.07 Å². The average molecular weight is 366 g/mol. The van der Waals surface area contributed by atoms with Crippen LogP contribution in [0.4, 0.5) is 5.69 Å². The first kappa shape index (κ1) is 18.7. The molecule has 1 amide bonds. The Hall–Kier alpha value is -2.60. The van der Waals surface area contributed by atoms with Crippen molar-refractivity contribution < 1.29 is 23.7 Å². The minimum Gasteiger partial charge on any atom is -0.495 e. The third-order valence-corrected chi connectivity index (χ3v) is 3.55. The van der Waals surface area contributed by atoms with Crippen molar-refractivity contribution >= 4 is 23.2 Å². The van der Waals surface area contributed by atoms with Gasteiger partial charge in [0.2, 0.25) is 0 Å². The van der Waals surface area contributed by atoms with Crippen LogP contribution in [0.5, 0.6) is 23.0 Å². The molecule has 25 heavy (non-hydrogen) atoms. The summed E-state index contributed by atoms with van der Waals surface area (Å²) in [7, 11) is 3.00. The van der Waals surface area contributed by atoms with Crippen LogP contribution in [0.25, 0.3) is 0 Å². The topological polar surface area (TPSA) is 66.0 Å². The van der Waals surface area contributed by atoms with Crippen LogP contribution >= 0.6 is 11.6 Å². The molecule has 0 unspecified atom stereocenters. The molecule has 0 saturated carbocycles. The van der Waals surface area contributed by atoms with Gasteiger partial charge in [-0.15, -0.1) is 0 Å². The summed E-state index contributed by atoms with van der Waals surface area (Å²) in [5.74, 6) is 1.62. The number of halogens is 1. The standard InChI is InChI=1S/C18H20ClNO5/c1-4-24-14-7-5-6-8-15(14)25-11-18(21)20-13-9-12(19)16(22-2)10-17(13)23-3/h5-10H,4,11H2,1-3H3,(H,20,21). The van der Waals surface area contributed by atoms with Crippen molar-refractivity contribution in [3.05, 3.63) is 41.4 Å². The van der Waals surface area contributed by atoms with Gasteiger partial charge in [-0.05, 0) is 25.1 Å². The maximum absolute atomic E-state index is 12.2. The zero-order valence-electron chi connectivity index (χ0n) is 14.3. The molecule has 6 nitrogen and oxygen atoms in total. The smallest absolute Gasteiger partial charge is 0.262 e. The summed E-state index contributed by atoms with van der Waals surface area (Å²) in [6.07, 6.45) is 0. The Morgan fingerprint density at radius 2 is 1.64 bits per heavy atom. The number of methoxy groups -OCH3 is 2. The number of carbonyl (C=O) groups excluding carboxylic acids is 1. The van der Waals surface area contributed by atoms with Gasteiger partial charge in [-0.25, -0.2) is 0 Å². The van der Waals surface area contributed by atoms with Gasteiger partial charge in [0.1, 0.15) is 11.5 Å². The van der Waals surface area contributed by atoms with Crippen LogP contribution in [0, 0.1) is 0 Å². The molecule has 0 aliphatic carbocycles. The maximum Gasteiger partial charge on any atom is 0.262 e. The first-order valence-corrected chi connectivity index (χ1v) is 8.02. The SMILES string of the molecule is CCOc1ccccc1OCC(=O)Nc1cc(Cl)c(OC)cc1OC. The molecule has 0 fully saturated rings. The largest absolute Gasteiger partial charge is 0.495 e. The summed E-state index contributed by atoms with van der Waals surface area (Å²) in [5, 5.41) is 3.07. The number of anilines is 1. The predicted molar refractivity (Wildman–Crippen MR) is 96.3 cm³/mol. The number of rotatable bonds is 8. The lowest BCUT2D eigenvalue weighted by molar-refractivity contribution is -0.118. The molecule has 0 saturated heterocycles. The lowest BCUT2D eigenvalue weighted by atomic mass is 10.2. The van der Waals surface area contributed by atoms with Gasteiger partial charge in [-0.3, -0.25) is 4.79 Å². The van der Waals surface area contributed by atoms with Crippen LogP contribution in [0.15, 0.2) is 36.4 Å². The van der Waals surface area contributed by atoms with E-state index in [0.717, 1.165) is 0 Å². The van der Waals surface area contributed by atoms with E-state index in [-0.39, 0.29) is 12.5 Å². The van der Waals surface area contributed by atoms with Crippen molar-refractivity contribution in [2.75, 3.05) is 32.8 Å². The summed E-state index contributed by atoms with van der Waals surface area (Å²) in [4.78, 5) is 12.2. The fourth-order valence-corrected chi connectivity index (χ4v) is 2.37. The van der Waals surface area contributed by atoms with Gasteiger partial charge in [-0.1, -0.05) is 23.7 Å². The zero-order chi connectivity index (χ0) is 18.2. The molecule has 2 aromatic carbocycles. The van der Waals surface area contributed by atoms with Crippen molar-refractivity contribution in [2.24, 2.45) is 0 Å². The molecule has 0 heterocycles. The Labute approximate surface area is 151 Å². The molecule has 2 rings (SSSR count). The molecule has 0 aliphatic heterocycles. The van der Waals surface area contributed by atoms with Gasteiger partial charge < -0.3 is 24.3 Å². The van der Waals surface area contributed by atoms with Crippen molar-refractivity contribution in [1.82, 2.24) is 0 Å². The van der Waals surface area contributed by atoms with E-state index >= 15 is 0 Å². The summed E-state index contributed by atoms with van der Waals surface area (Å²) in [6, 6.07) is 10.3. The minimum absolute atomic E-state index is 0.184. The molecule has 0 bridgehead atoms. The lowest BCUT2D eigenvalue weighted by Gasteiger charge is -2.14. The molecule has 0 spiro atoms. The second-order valence-corrected chi connectivity index (χ2v) is 5.31. The molecule has 0 aliphatic rings. The first-order chi connectivity index (χ1) is 12.1. The highest BCUT2D eigenvalue weighted by molar-refractivity contribution is 6.32. The van der Waals surface area contributed by atoms with E-state index in [4.69, 9.17) is 30.5 Å². The van der Waals surface area contributed by atoms with E-state index in [0.29, 0.717) is 40.3 Å². The van der Waals surface area contributed by atoms with E-state index < -0.39 is 0 Å². The number of benzene rings is 2. The normalized spacial score (nSPS) is 10.1. The number of amides is 1. The second kappa shape index (κ2) is 9.03. The molecule has 1 N–H and O–H groups in total. The molecule has 7 heteroatoms. The van der Waals surface area contributed by atoms with E-state index in [9.17, 15) is 4.79 Å². The zero-order valence-corrected chi connectivity index (χ0v) is 15.1. The molecule has 134 valence electrons. The summed E-state index contributed by atoms with van der Waals surface area (Å²) < 4.78 is 21.4. The molecular formula is C18H20ClNO5. The van der Waals surface area contributed by atoms with Gasteiger partial charge in [0.25, 0.3) is 5.91 Å². The van der Waals surface area contributed by atoms with E-state index in [2.05, 4.69) is 5.32 Å². The Balaban J connectivity index is 2.05. The molecular weight excluding hydrogens is 346 g/mol. The fraction of sp³-hybridized carbons (Fsp3) is 0.278. The highest BCUT2D eigenvalue weighted by Crippen LogP contribution is 2.36. The quantitative estimate of drug-likeness (QED) is 0.771. The highest BCUT2D eigenvalue weighted by atomic mass is 35.5. The van der Waals surface area contributed by atoms with Gasteiger partial charge in [-0.2, -0.15) is 0 Å². The highest BCUT2D eigenvalue weighted by Gasteiger charge is 2.13. The van der Waals surface area contributed by atoms with Crippen LogP contribution in [-0.2, 0) is 4.79 Å². The fourth-order valence-electron chi connectivity index (χ4n) is 2.13. The van der Waals surface area contributed by atoms with Crippen LogP contribution < -0.4 is 24.3 Å². The number of ether oxygens (including phenoxy) is 4. The van der Waals surface area contributed by atoms with Crippen molar-refractivity contribution in [3.63, 3.8) is 0 Å². The monoisotopic (exact) mass is 365 g/mol. The lowest BCUT2D eigenvalue weighted by Crippen LogP contribution is -2.20. The van der Waals surface area contributed by atoms with E-state index in [1.165, 1.54) is 14.2 Å². The Morgan fingerprint density at radius 3 is 2.24 bits per heavy atom. The van der Waals surface area contributed by atoms with Crippen molar-refractivity contribution in [2.45, 2.75) is 6.92 Å². The third kappa shape index (κ3) is 4.93. The van der Waals surface area contributed by atoms with Crippen LogP contribution in [0.3, 0.4) is 0 Å². The summed E-state index contributed by atoms with van der Waals surface area (Å²) in [5.41, 5.74) is 0.431. The molecule has 0 aromatic heterocycles. The number of nitrogens with one attached hydrogen (secondary N) is 1. The maximum atomic E-state index is 12.2. The number of carbonyl (C=O) groups is 1. The van der Waals surface area contributed by atoms with Crippen LogP contribution in [0.1, 0.15) is 6.92 Å². The number of hydrogen-bond acceptors (Lipinski definition) is 5. The minimum atomic E-state index is -0.356. The number of para-hydroxylation sites is 2. The van der Waals surface area contributed by atoms with Crippen LogP contribution in [0.2, 0.25) is 5.02 Å².